The Kier molecular flexibility index (Phi) is 6.84. The smallest absolute Gasteiger partial charge is 0.303 e. The fraction of sp³-hybridized carbons (Fsp3) is 0.500. The molecule has 0 radical (unpaired) electrons. The topological polar surface area (TPSA) is 148 Å². The van der Waals surface area contributed by atoms with Crippen molar-refractivity contribution in [3.05, 3.63) is 41.0 Å². The molecule has 0 spiro atoms. The van der Waals surface area contributed by atoms with Crippen LogP contribution in [0.1, 0.15) is 51.0 Å². The molecule has 0 bridgehead atoms. The highest BCUT2D eigenvalue weighted by Crippen LogP contribution is 2.64. The average Bonchev–Trinajstić information content (AvgIpc) is 3.15. The largest absolute Gasteiger partial charge is 0.508 e. The Labute approximate surface area is 231 Å². The number of rotatable bonds is 7. The lowest BCUT2D eigenvalue weighted by atomic mass is 9.47. The van der Waals surface area contributed by atoms with Gasteiger partial charge in [0.1, 0.15) is 17.2 Å². The van der Waals surface area contributed by atoms with E-state index in [-0.39, 0.29) is 72.9 Å². The van der Waals surface area contributed by atoms with Gasteiger partial charge in [0.15, 0.2) is 11.6 Å². The van der Waals surface area contributed by atoms with Crippen LogP contribution in [-0.2, 0) is 24.0 Å². The number of carbonyl (C=O) groups is 5. The van der Waals surface area contributed by atoms with Crippen LogP contribution in [0.3, 0.4) is 0 Å². The van der Waals surface area contributed by atoms with Crippen LogP contribution in [0.2, 0.25) is 0 Å². The summed E-state index contributed by atoms with van der Waals surface area (Å²) in [4.78, 5) is 66.8. The summed E-state index contributed by atoms with van der Waals surface area (Å²) in [6.07, 6.45) is 3.77. The van der Waals surface area contributed by atoms with E-state index in [9.17, 15) is 29.1 Å². The number of imide groups is 1. The molecule has 5 rings (SSSR count). The van der Waals surface area contributed by atoms with Gasteiger partial charge < -0.3 is 19.7 Å². The molecule has 1 saturated carbocycles. The van der Waals surface area contributed by atoms with Gasteiger partial charge in [0.25, 0.3) is 0 Å². The first kappa shape index (κ1) is 27.6. The maximum atomic E-state index is 14.0. The van der Waals surface area contributed by atoms with Gasteiger partial charge in [-0.05, 0) is 43.8 Å². The molecule has 40 heavy (non-hydrogen) atoms. The third-order valence-corrected chi connectivity index (χ3v) is 9.32. The average molecular weight is 552 g/mol. The van der Waals surface area contributed by atoms with E-state index in [0.29, 0.717) is 11.1 Å². The Balaban J connectivity index is 1.67. The Morgan fingerprint density at radius 3 is 2.33 bits per heavy atom. The summed E-state index contributed by atoms with van der Waals surface area (Å²) in [5.41, 5.74) is 0.382. The van der Waals surface area contributed by atoms with Crippen molar-refractivity contribution in [2.75, 3.05) is 20.8 Å². The van der Waals surface area contributed by atoms with Crippen LogP contribution in [0, 0.1) is 29.1 Å². The SMILES string of the molecule is COc1cc(O)cc(OC)c1[C@H]1C2=CC[C@@H]3C(=O)N(CCCC(=O)O)C(=O)[C@@H]3[C@@H]2C[C@H]2C(=O)C=C(C)C(=O)[C@@]12C. The van der Waals surface area contributed by atoms with E-state index in [1.807, 2.05) is 6.08 Å². The van der Waals surface area contributed by atoms with E-state index in [1.54, 1.807) is 13.8 Å². The summed E-state index contributed by atoms with van der Waals surface area (Å²) < 4.78 is 11.3. The van der Waals surface area contributed by atoms with E-state index in [0.717, 1.165) is 10.5 Å². The second-order valence-electron chi connectivity index (χ2n) is 11.3. The number of phenols is 1. The highest BCUT2D eigenvalue weighted by Gasteiger charge is 2.64. The van der Waals surface area contributed by atoms with Crippen LogP contribution in [0.5, 0.6) is 17.2 Å². The molecule has 10 heteroatoms. The number of phenolic OH excluding ortho intramolecular Hbond substituents is 1. The maximum Gasteiger partial charge on any atom is 0.303 e. The van der Waals surface area contributed by atoms with Crippen LogP contribution in [0.15, 0.2) is 35.4 Å². The first-order chi connectivity index (χ1) is 18.9. The lowest BCUT2D eigenvalue weighted by Gasteiger charge is -2.54. The summed E-state index contributed by atoms with van der Waals surface area (Å²) in [7, 11) is 2.88. The van der Waals surface area contributed by atoms with Crippen molar-refractivity contribution in [3.63, 3.8) is 0 Å². The van der Waals surface area contributed by atoms with Crippen molar-refractivity contribution in [3.8, 4) is 17.2 Å². The van der Waals surface area contributed by atoms with Crippen LogP contribution in [-0.4, -0.2) is 65.2 Å². The molecule has 212 valence electrons. The van der Waals surface area contributed by atoms with Gasteiger partial charge in [-0.15, -0.1) is 0 Å². The van der Waals surface area contributed by atoms with E-state index < -0.39 is 41.0 Å². The van der Waals surface area contributed by atoms with Gasteiger partial charge in [-0.2, -0.15) is 0 Å². The van der Waals surface area contributed by atoms with Crippen LogP contribution >= 0.6 is 0 Å². The van der Waals surface area contributed by atoms with Crippen LogP contribution in [0.4, 0.5) is 0 Å². The zero-order chi connectivity index (χ0) is 29.1. The molecular weight excluding hydrogens is 518 g/mol. The molecule has 6 atom stereocenters. The van der Waals surface area contributed by atoms with Gasteiger partial charge in [0.2, 0.25) is 11.8 Å². The summed E-state index contributed by atoms with van der Waals surface area (Å²) in [6, 6.07) is 2.86. The molecule has 2 amide bonds. The number of ketones is 2. The summed E-state index contributed by atoms with van der Waals surface area (Å²) in [6.45, 7) is 3.41. The Morgan fingerprint density at radius 2 is 1.73 bits per heavy atom. The number of nitrogens with zero attached hydrogens (tertiary/aromatic N) is 1. The minimum absolute atomic E-state index is 0.0164. The Morgan fingerprint density at radius 1 is 1.07 bits per heavy atom. The molecule has 3 aliphatic carbocycles. The zero-order valence-corrected chi connectivity index (χ0v) is 22.9. The Hall–Kier alpha value is -3.95. The van der Waals surface area contributed by atoms with Crippen molar-refractivity contribution in [2.24, 2.45) is 29.1 Å². The van der Waals surface area contributed by atoms with Crippen molar-refractivity contribution in [2.45, 2.75) is 45.4 Å². The van der Waals surface area contributed by atoms with Gasteiger partial charge in [0, 0.05) is 42.5 Å². The van der Waals surface area contributed by atoms with Gasteiger partial charge in [0.05, 0.1) is 31.5 Å². The lowest BCUT2D eigenvalue weighted by Crippen LogP contribution is -2.54. The number of benzene rings is 1. The number of carbonyl (C=O) groups excluding carboxylic acids is 4. The number of methoxy groups -OCH3 is 2. The fourth-order valence-electron chi connectivity index (χ4n) is 7.59. The number of amides is 2. The quantitative estimate of drug-likeness (QED) is 0.385. The van der Waals surface area contributed by atoms with E-state index in [1.165, 1.54) is 32.4 Å². The number of hydrogen-bond acceptors (Lipinski definition) is 8. The number of fused-ring (bicyclic) bond motifs is 4. The van der Waals surface area contributed by atoms with Crippen LogP contribution in [0.25, 0.3) is 0 Å². The molecule has 1 heterocycles. The number of allylic oxidation sites excluding steroid dienone is 4. The van der Waals surface area contributed by atoms with Crippen molar-refractivity contribution >= 4 is 29.4 Å². The highest BCUT2D eigenvalue weighted by atomic mass is 16.5. The molecule has 4 aliphatic rings. The molecule has 0 unspecified atom stereocenters. The molecule has 1 aromatic carbocycles. The lowest BCUT2D eigenvalue weighted by molar-refractivity contribution is -0.143. The second-order valence-corrected chi connectivity index (χ2v) is 11.3. The normalized spacial score (nSPS) is 31.2. The zero-order valence-electron chi connectivity index (χ0n) is 22.9. The van der Waals surface area contributed by atoms with Gasteiger partial charge in [-0.25, -0.2) is 0 Å². The third-order valence-electron chi connectivity index (χ3n) is 9.32. The number of likely N-dealkylation sites (tertiary alicyclic amines) is 1. The van der Waals surface area contributed by atoms with Crippen molar-refractivity contribution < 1.29 is 43.7 Å². The monoisotopic (exact) mass is 551 g/mol. The molecule has 1 aromatic rings. The number of Topliss-reactive ketones (excluding diaryl/α,β-unsaturated/α-hetero) is 1. The number of aromatic hydroxyl groups is 1. The van der Waals surface area contributed by atoms with Gasteiger partial charge >= 0.3 is 5.97 Å². The second kappa shape index (κ2) is 9.91. The molecule has 10 nitrogen and oxygen atoms in total. The fourth-order valence-corrected chi connectivity index (χ4v) is 7.59. The number of aliphatic carboxylic acids is 1. The van der Waals surface area contributed by atoms with Crippen molar-refractivity contribution in [1.29, 1.82) is 0 Å². The third kappa shape index (κ3) is 3.95. The van der Waals surface area contributed by atoms with Gasteiger partial charge in [-0.3, -0.25) is 28.9 Å². The first-order valence-electron chi connectivity index (χ1n) is 13.4. The Bertz CT molecular complexity index is 1370. The predicted molar refractivity (Wildman–Crippen MR) is 141 cm³/mol. The summed E-state index contributed by atoms with van der Waals surface area (Å²) >= 11 is 0. The molecule has 0 aromatic heterocycles. The predicted octanol–water partition coefficient (Wildman–Crippen LogP) is 3.03. The maximum absolute atomic E-state index is 14.0. The molecule has 2 N–H and O–H groups in total. The first-order valence-corrected chi connectivity index (χ1v) is 13.4. The molecule has 2 fully saturated rings. The summed E-state index contributed by atoms with van der Waals surface area (Å²) in [5, 5.41) is 19.4. The molecule has 1 saturated heterocycles. The van der Waals surface area contributed by atoms with E-state index >= 15 is 0 Å². The minimum Gasteiger partial charge on any atom is -0.508 e. The molecule has 1 aliphatic heterocycles. The van der Waals surface area contributed by atoms with Crippen LogP contribution < -0.4 is 9.47 Å². The highest BCUT2D eigenvalue weighted by molar-refractivity contribution is 6.13. The number of hydrogen-bond donors (Lipinski definition) is 2. The minimum atomic E-state index is -1.23. The number of carboxylic acids is 1. The van der Waals surface area contributed by atoms with Crippen molar-refractivity contribution in [1.82, 2.24) is 4.90 Å². The number of ether oxygens (including phenoxy) is 2. The van der Waals surface area contributed by atoms with E-state index in [2.05, 4.69) is 0 Å². The van der Waals surface area contributed by atoms with E-state index in [4.69, 9.17) is 14.6 Å². The number of carboxylic acid groups (broad SMARTS) is 1. The summed E-state index contributed by atoms with van der Waals surface area (Å²) in [5.74, 6) is -4.99. The van der Waals surface area contributed by atoms with Gasteiger partial charge in [-0.1, -0.05) is 18.6 Å². The standard InChI is InChI=1S/C30H33NO9/c1-14-10-20(33)19-13-18-16(7-8-17-24(18)29(38)31(28(17)37)9-5-6-23(34)35)26(30(19,2)27(14)36)25-21(39-3)11-15(32)12-22(25)40-4/h7,10-12,17-19,24,26,32H,5-6,8-9,13H2,1-4H3,(H,34,35)/t17-,18+,19-,24-,26+,30+/m0/s1. The molecular formula is C30H33NO9.